The van der Waals surface area contributed by atoms with Crippen LogP contribution < -0.4 is 4.90 Å². The Bertz CT molecular complexity index is 547. The molecule has 6 nitrogen and oxygen atoms in total. The van der Waals surface area contributed by atoms with Gasteiger partial charge < -0.3 is 9.64 Å². The highest BCUT2D eigenvalue weighted by Gasteiger charge is 2.29. The van der Waals surface area contributed by atoms with E-state index in [-0.39, 0.29) is 6.09 Å². The first kappa shape index (κ1) is 14.1. The summed E-state index contributed by atoms with van der Waals surface area (Å²) in [5.41, 5.74) is 1.49. The van der Waals surface area contributed by atoms with Gasteiger partial charge >= 0.3 is 6.09 Å². The number of fused-ring (bicyclic) bond motifs is 1. The quantitative estimate of drug-likeness (QED) is 0.794. The van der Waals surface area contributed by atoms with Crippen molar-refractivity contribution in [3.63, 3.8) is 0 Å². The molecule has 1 fully saturated rings. The Labute approximate surface area is 125 Å². The first-order chi connectivity index (χ1) is 9.92. The predicted octanol–water partition coefficient (Wildman–Crippen LogP) is 2.33. The molecule has 0 atom stereocenters. The van der Waals surface area contributed by atoms with Gasteiger partial charge in [-0.05, 0) is 33.6 Å². The van der Waals surface area contributed by atoms with Gasteiger partial charge in [0.15, 0.2) is 0 Å². The van der Waals surface area contributed by atoms with Crippen LogP contribution in [-0.2, 0) is 17.8 Å². The van der Waals surface area contributed by atoms with E-state index in [9.17, 15) is 4.79 Å². The lowest BCUT2D eigenvalue weighted by molar-refractivity contribution is 0.0240. The maximum atomic E-state index is 12.1. The molecule has 2 aliphatic heterocycles. The van der Waals surface area contributed by atoms with Crippen LogP contribution in [0, 0.1) is 0 Å². The highest BCUT2D eigenvalue weighted by Crippen LogP contribution is 2.25. The van der Waals surface area contributed by atoms with Crippen molar-refractivity contribution in [1.29, 1.82) is 0 Å². The zero-order valence-corrected chi connectivity index (χ0v) is 12.9. The molecule has 3 rings (SSSR count). The summed E-state index contributed by atoms with van der Waals surface area (Å²) in [6.45, 7) is 8.71. The Morgan fingerprint density at radius 1 is 1.24 bits per heavy atom. The number of nitrogens with zero attached hydrogens (tertiary/aromatic N) is 4. The molecule has 0 aliphatic carbocycles. The summed E-state index contributed by atoms with van der Waals surface area (Å²) in [5.74, 6) is 0.789. The van der Waals surface area contributed by atoms with E-state index in [2.05, 4.69) is 14.9 Å². The van der Waals surface area contributed by atoms with Crippen molar-refractivity contribution >= 4 is 12.0 Å². The second-order valence-corrected chi connectivity index (χ2v) is 6.67. The van der Waals surface area contributed by atoms with Gasteiger partial charge in [0.05, 0.1) is 18.8 Å². The molecule has 1 aromatic heterocycles. The van der Waals surface area contributed by atoms with Crippen molar-refractivity contribution in [2.45, 2.75) is 52.3 Å². The Kier molecular flexibility index (Phi) is 3.47. The molecule has 2 aliphatic rings. The van der Waals surface area contributed by atoms with E-state index in [0.29, 0.717) is 13.1 Å². The minimum Gasteiger partial charge on any atom is -0.444 e. The Hall–Kier alpha value is -1.85. The SMILES string of the molecule is CC(C)(C)OC(=O)N1Cc2cnc(N3CCCC3)nc2C1. The van der Waals surface area contributed by atoms with Crippen LogP contribution >= 0.6 is 0 Å². The minimum atomic E-state index is -0.474. The van der Waals surface area contributed by atoms with Gasteiger partial charge in [0.25, 0.3) is 0 Å². The smallest absolute Gasteiger partial charge is 0.410 e. The maximum Gasteiger partial charge on any atom is 0.410 e. The predicted molar refractivity (Wildman–Crippen MR) is 79.0 cm³/mol. The minimum absolute atomic E-state index is 0.289. The van der Waals surface area contributed by atoms with Gasteiger partial charge in [0.1, 0.15) is 5.60 Å². The summed E-state index contributed by atoms with van der Waals surface area (Å²) in [7, 11) is 0. The average Bonchev–Trinajstić information content (AvgIpc) is 3.05. The van der Waals surface area contributed by atoms with E-state index in [0.717, 1.165) is 30.3 Å². The lowest BCUT2D eigenvalue weighted by atomic mass is 10.2. The van der Waals surface area contributed by atoms with Crippen molar-refractivity contribution in [1.82, 2.24) is 14.9 Å². The highest BCUT2D eigenvalue weighted by molar-refractivity contribution is 5.69. The van der Waals surface area contributed by atoms with Gasteiger partial charge in [0.2, 0.25) is 5.95 Å². The number of carbonyl (C=O) groups is 1. The third-order valence-electron chi connectivity index (χ3n) is 3.68. The zero-order valence-electron chi connectivity index (χ0n) is 12.9. The summed E-state index contributed by atoms with van der Waals surface area (Å²) < 4.78 is 5.41. The second-order valence-electron chi connectivity index (χ2n) is 6.67. The topological polar surface area (TPSA) is 58.6 Å². The number of carbonyl (C=O) groups excluding carboxylic acids is 1. The second kappa shape index (κ2) is 5.16. The van der Waals surface area contributed by atoms with Gasteiger partial charge in [0, 0.05) is 24.8 Å². The monoisotopic (exact) mass is 290 g/mol. The van der Waals surface area contributed by atoms with E-state index in [1.54, 1.807) is 4.90 Å². The molecule has 3 heterocycles. The first-order valence-electron chi connectivity index (χ1n) is 7.50. The lowest BCUT2D eigenvalue weighted by Crippen LogP contribution is -2.33. The van der Waals surface area contributed by atoms with Gasteiger partial charge in [-0.25, -0.2) is 14.8 Å². The van der Waals surface area contributed by atoms with Gasteiger partial charge in [-0.15, -0.1) is 0 Å². The number of hydrogen-bond acceptors (Lipinski definition) is 5. The molecule has 6 heteroatoms. The standard InChI is InChI=1S/C15H22N4O2/c1-15(2,3)21-14(20)19-9-11-8-16-13(17-12(11)10-19)18-6-4-5-7-18/h8H,4-7,9-10H2,1-3H3. The van der Waals surface area contributed by atoms with E-state index in [1.807, 2.05) is 27.0 Å². The first-order valence-corrected chi connectivity index (χ1v) is 7.50. The number of rotatable bonds is 1. The Morgan fingerprint density at radius 3 is 2.62 bits per heavy atom. The fourth-order valence-electron chi connectivity index (χ4n) is 2.67. The molecule has 0 radical (unpaired) electrons. The van der Waals surface area contributed by atoms with E-state index in [1.165, 1.54) is 12.8 Å². The molecule has 1 saturated heterocycles. The normalized spacial score (nSPS) is 18.0. The van der Waals surface area contributed by atoms with Crippen LogP contribution in [0.2, 0.25) is 0 Å². The number of hydrogen-bond donors (Lipinski definition) is 0. The van der Waals surface area contributed by atoms with Crippen LogP contribution in [0.3, 0.4) is 0 Å². The Balaban J connectivity index is 1.70. The van der Waals surface area contributed by atoms with Crippen LogP contribution in [0.4, 0.5) is 10.7 Å². The summed E-state index contributed by atoms with van der Waals surface area (Å²) in [6.07, 6.45) is 3.96. The molecule has 0 bridgehead atoms. The Morgan fingerprint density at radius 2 is 1.95 bits per heavy atom. The van der Waals surface area contributed by atoms with Gasteiger partial charge in [-0.1, -0.05) is 0 Å². The average molecular weight is 290 g/mol. The van der Waals surface area contributed by atoms with E-state index < -0.39 is 5.60 Å². The number of amides is 1. The molecule has 0 unspecified atom stereocenters. The molecule has 1 aromatic rings. The van der Waals surface area contributed by atoms with Crippen LogP contribution in [0.25, 0.3) is 0 Å². The van der Waals surface area contributed by atoms with Crippen LogP contribution in [0.15, 0.2) is 6.20 Å². The largest absolute Gasteiger partial charge is 0.444 e. The molecule has 0 saturated carbocycles. The number of anilines is 1. The fourth-order valence-corrected chi connectivity index (χ4v) is 2.67. The summed E-state index contributed by atoms with van der Waals surface area (Å²) in [5, 5.41) is 0. The third kappa shape index (κ3) is 3.09. The number of aromatic nitrogens is 2. The fraction of sp³-hybridized carbons (Fsp3) is 0.667. The molecule has 1 amide bonds. The lowest BCUT2D eigenvalue weighted by Gasteiger charge is -2.23. The zero-order chi connectivity index (χ0) is 15.0. The molecular formula is C15H22N4O2. The van der Waals surface area contributed by atoms with Crippen molar-refractivity contribution in [2.75, 3.05) is 18.0 Å². The number of ether oxygens (including phenoxy) is 1. The van der Waals surface area contributed by atoms with Crippen molar-refractivity contribution in [3.05, 3.63) is 17.5 Å². The van der Waals surface area contributed by atoms with Crippen molar-refractivity contribution in [3.8, 4) is 0 Å². The molecular weight excluding hydrogens is 268 g/mol. The summed E-state index contributed by atoms with van der Waals surface area (Å²) >= 11 is 0. The van der Waals surface area contributed by atoms with Crippen LogP contribution in [-0.4, -0.2) is 39.7 Å². The molecule has 0 aromatic carbocycles. The summed E-state index contributed by atoms with van der Waals surface area (Å²) in [4.78, 5) is 25.1. The summed E-state index contributed by atoms with van der Waals surface area (Å²) in [6, 6.07) is 0. The van der Waals surface area contributed by atoms with Gasteiger partial charge in [-0.2, -0.15) is 0 Å². The van der Waals surface area contributed by atoms with Crippen molar-refractivity contribution < 1.29 is 9.53 Å². The van der Waals surface area contributed by atoms with E-state index in [4.69, 9.17) is 4.74 Å². The van der Waals surface area contributed by atoms with Gasteiger partial charge in [-0.3, -0.25) is 4.90 Å². The maximum absolute atomic E-state index is 12.1. The van der Waals surface area contributed by atoms with E-state index >= 15 is 0 Å². The van der Waals surface area contributed by atoms with Crippen LogP contribution in [0.1, 0.15) is 44.9 Å². The molecule has 114 valence electrons. The highest BCUT2D eigenvalue weighted by atomic mass is 16.6. The molecule has 21 heavy (non-hydrogen) atoms. The van der Waals surface area contributed by atoms with Crippen molar-refractivity contribution in [2.24, 2.45) is 0 Å². The van der Waals surface area contributed by atoms with Crippen LogP contribution in [0.5, 0.6) is 0 Å². The molecule has 0 spiro atoms. The third-order valence-corrected chi connectivity index (χ3v) is 3.68. The molecule has 0 N–H and O–H groups in total.